The minimum absolute atomic E-state index is 0.661. The Morgan fingerprint density at radius 3 is 1.64 bits per heavy atom. The van der Waals surface area contributed by atoms with Gasteiger partial charge in [-0.15, -0.1) is 0 Å². The van der Waals surface area contributed by atoms with Crippen LogP contribution < -0.4 is 9.80 Å². The predicted molar refractivity (Wildman–Crippen MR) is 109 cm³/mol. The topological polar surface area (TPSA) is 9.72 Å². The van der Waals surface area contributed by atoms with Gasteiger partial charge in [0.2, 0.25) is 0 Å². The van der Waals surface area contributed by atoms with Crippen molar-refractivity contribution in [2.24, 2.45) is 0 Å². The molecule has 2 aromatic carbocycles. The quantitative estimate of drug-likeness (QED) is 0.731. The second-order valence-electron chi connectivity index (χ2n) is 6.97. The van der Waals surface area contributed by atoms with Crippen LogP contribution >= 0.6 is 12.2 Å². The molecule has 0 spiro atoms. The van der Waals surface area contributed by atoms with E-state index in [1.165, 1.54) is 43.5 Å². The van der Waals surface area contributed by atoms with Gasteiger partial charge in [-0.2, -0.15) is 0 Å². The summed E-state index contributed by atoms with van der Waals surface area (Å²) in [6, 6.07) is 21.7. The molecule has 2 fully saturated rings. The molecule has 0 bridgehead atoms. The van der Waals surface area contributed by atoms with Gasteiger partial charge in [0.25, 0.3) is 0 Å². The van der Waals surface area contributed by atoms with Gasteiger partial charge in [0.15, 0.2) is 5.11 Å². The van der Waals surface area contributed by atoms with Crippen molar-refractivity contribution in [1.29, 1.82) is 0 Å². The summed E-state index contributed by atoms with van der Waals surface area (Å²) < 4.78 is 0. The average Bonchev–Trinajstić information content (AvgIpc) is 2.70. The van der Waals surface area contributed by atoms with Crippen LogP contribution in [0.4, 0.5) is 11.4 Å². The third-order valence-electron chi connectivity index (χ3n) is 5.33. The van der Waals surface area contributed by atoms with Crippen molar-refractivity contribution in [3.05, 3.63) is 60.7 Å². The monoisotopic (exact) mass is 351 g/mol. The molecular formula is C21H25N3S. The lowest BCUT2D eigenvalue weighted by Gasteiger charge is -2.47. The van der Waals surface area contributed by atoms with E-state index in [4.69, 9.17) is 12.2 Å². The van der Waals surface area contributed by atoms with Gasteiger partial charge in [-0.3, -0.25) is 4.90 Å². The van der Waals surface area contributed by atoms with Crippen LogP contribution in [-0.2, 0) is 0 Å². The number of benzene rings is 2. The molecule has 3 nitrogen and oxygen atoms in total. The SMILES string of the molecule is S=C1N(c2ccccc2)CN(C2CCCCC2)CN1c1ccccc1. The van der Waals surface area contributed by atoms with Gasteiger partial charge in [0.1, 0.15) is 0 Å². The van der Waals surface area contributed by atoms with E-state index < -0.39 is 0 Å². The Hall–Kier alpha value is -1.91. The van der Waals surface area contributed by atoms with Gasteiger partial charge in [-0.05, 0) is 49.3 Å². The van der Waals surface area contributed by atoms with Gasteiger partial charge in [0, 0.05) is 17.4 Å². The highest BCUT2D eigenvalue weighted by atomic mass is 32.1. The third kappa shape index (κ3) is 3.55. The van der Waals surface area contributed by atoms with Gasteiger partial charge in [-0.1, -0.05) is 55.7 Å². The zero-order valence-electron chi connectivity index (χ0n) is 14.6. The fraction of sp³-hybridized carbons (Fsp3) is 0.381. The van der Waals surface area contributed by atoms with Crippen LogP contribution in [0.2, 0.25) is 0 Å². The summed E-state index contributed by atoms with van der Waals surface area (Å²) in [5.74, 6) is 0. The van der Waals surface area contributed by atoms with Crippen LogP contribution in [0.1, 0.15) is 32.1 Å². The van der Waals surface area contributed by atoms with Gasteiger partial charge >= 0.3 is 0 Å². The molecule has 0 radical (unpaired) electrons. The third-order valence-corrected chi connectivity index (χ3v) is 5.78. The zero-order valence-corrected chi connectivity index (χ0v) is 15.4. The maximum absolute atomic E-state index is 5.89. The van der Waals surface area contributed by atoms with Crippen molar-refractivity contribution in [1.82, 2.24) is 4.90 Å². The van der Waals surface area contributed by atoms with E-state index in [1.54, 1.807) is 0 Å². The normalized spacial score (nSPS) is 20.1. The summed E-state index contributed by atoms with van der Waals surface area (Å²) in [5, 5.41) is 0.893. The van der Waals surface area contributed by atoms with Crippen LogP contribution in [0.15, 0.2) is 60.7 Å². The number of hydrogen-bond donors (Lipinski definition) is 0. The van der Waals surface area contributed by atoms with Crippen molar-refractivity contribution >= 4 is 28.7 Å². The fourth-order valence-corrected chi connectivity index (χ4v) is 4.28. The molecule has 1 saturated carbocycles. The number of nitrogens with zero attached hydrogens (tertiary/aromatic N) is 3. The van der Waals surface area contributed by atoms with Crippen LogP contribution in [0, 0.1) is 0 Å². The number of rotatable bonds is 3. The highest BCUT2D eigenvalue weighted by Crippen LogP contribution is 2.29. The zero-order chi connectivity index (χ0) is 17.1. The molecule has 1 heterocycles. The lowest BCUT2D eigenvalue weighted by atomic mass is 9.94. The summed E-state index contributed by atoms with van der Waals surface area (Å²) in [6.07, 6.45) is 6.69. The van der Waals surface area contributed by atoms with E-state index in [0.717, 1.165) is 18.4 Å². The highest BCUT2D eigenvalue weighted by Gasteiger charge is 2.33. The highest BCUT2D eigenvalue weighted by molar-refractivity contribution is 7.80. The lowest BCUT2D eigenvalue weighted by molar-refractivity contribution is 0.158. The molecule has 2 aliphatic rings. The van der Waals surface area contributed by atoms with Gasteiger partial charge in [-0.25, -0.2) is 0 Å². The number of anilines is 2. The van der Waals surface area contributed by atoms with Gasteiger partial charge in [0.05, 0.1) is 13.3 Å². The Morgan fingerprint density at radius 2 is 1.16 bits per heavy atom. The molecule has 130 valence electrons. The Labute approximate surface area is 155 Å². The Balaban J connectivity index is 1.65. The molecule has 0 atom stereocenters. The van der Waals surface area contributed by atoms with Crippen LogP contribution in [0.3, 0.4) is 0 Å². The Morgan fingerprint density at radius 1 is 0.680 bits per heavy atom. The molecule has 1 aliphatic carbocycles. The molecule has 0 amide bonds. The van der Waals surface area contributed by atoms with Crippen molar-refractivity contribution in [2.45, 2.75) is 38.1 Å². The molecule has 2 aromatic rings. The Kier molecular flexibility index (Phi) is 4.99. The minimum Gasteiger partial charge on any atom is -0.305 e. The van der Waals surface area contributed by atoms with Gasteiger partial charge < -0.3 is 9.80 Å². The first-order valence-corrected chi connectivity index (χ1v) is 9.67. The van der Waals surface area contributed by atoms with E-state index in [9.17, 15) is 0 Å². The van der Waals surface area contributed by atoms with E-state index in [0.29, 0.717) is 6.04 Å². The molecule has 0 N–H and O–H groups in total. The van der Waals surface area contributed by atoms with E-state index >= 15 is 0 Å². The number of thiocarbonyl (C=S) groups is 1. The number of hydrogen-bond acceptors (Lipinski definition) is 2. The second-order valence-corrected chi connectivity index (χ2v) is 7.34. The molecule has 4 rings (SSSR count). The summed E-state index contributed by atoms with van der Waals surface area (Å²) in [5.41, 5.74) is 2.35. The van der Waals surface area contributed by atoms with Crippen LogP contribution in [0.5, 0.6) is 0 Å². The molecule has 0 aromatic heterocycles. The smallest absolute Gasteiger partial charge is 0.182 e. The van der Waals surface area contributed by atoms with E-state index in [1.807, 2.05) is 0 Å². The van der Waals surface area contributed by atoms with E-state index in [2.05, 4.69) is 75.4 Å². The standard InChI is InChI=1S/C21H25N3S/c25-21-23(19-12-6-2-7-13-19)16-22(18-10-4-1-5-11-18)17-24(21)20-14-8-3-9-15-20/h2-3,6-9,12-15,18H,1,4-5,10-11,16-17H2. The van der Waals surface area contributed by atoms with Crippen LogP contribution in [-0.4, -0.2) is 29.4 Å². The van der Waals surface area contributed by atoms with E-state index in [-0.39, 0.29) is 0 Å². The first kappa shape index (κ1) is 16.6. The van der Waals surface area contributed by atoms with Crippen molar-refractivity contribution < 1.29 is 0 Å². The number of para-hydroxylation sites is 2. The summed E-state index contributed by atoms with van der Waals surface area (Å²) >= 11 is 5.89. The molecule has 4 heteroatoms. The summed E-state index contributed by atoms with van der Waals surface area (Å²) in [7, 11) is 0. The fourth-order valence-electron chi connectivity index (χ4n) is 3.95. The molecule has 1 aliphatic heterocycles. The molecular weight excluding hydrogens is 326 g/mol. The predicted octanol–water partition coefficient (Wildman–Crippen LogP) is 4.85. The maximum atomic E-state index is 5.89. The van der Waals surface area contributed by atoms with Crippen molar-refractivity contribution in [2.75, 3.05) is 23.1 Å². The summed E-state index contributed by atoms with van der Waals surface area (Å²) in [4.78, 5) is 7.16. The molecule has 0 unspecified atom stereocenters. The maximum Gasteiger partial charge on any atom is 0.182 e. The minimum atomic E-state index is 0.661. The van der Waals surface area contributed by atoms with Crippen LogP contribution in [0.25, 0.3) is 0 Å². The first-order chi connectivity index (χ1) is 12.3. The first-order valence-electron chi connectivity index (χ1n) is 9.26. The second kappa shape index (κ2) is 7.54. The molecule has 1 saturated heterocycles. The molecule has 25 heavy (non-hydrogen) atoms. The lowest BCUT2D eigenvalue weighted by Crippen LogP contribution is -2.61. The average molecular weight is 352 g/mol. The Bertz CT molecular complexity index is 646. The summed E-state index contributed by atoms with van der Waals surface area (Å²) in [6.45, 7) is 1.77. The van der Waals surface area contributed by atoms with Crippen molar-refractivity contribution in [3.8, 4) is 0 Å². The largest absolute Gasteiger partial charge is 0.305 e. The van der Waals surface area contributed by atoms with Crippen molar-refractivity contribution in [3.63, 3.8) is 0 Å².